The van der Waals surface area contributed by atoms with Crippen LogP contribution in [0.1, 0.15) is 56.2 Å². The van der Waals surface area contributed by atoms with Gasteiger partial charge in [0.15, 0.2) is 5.82 Å². The molecule has 2 aromatic rings. The van der Waals surface area contributed by atoms with Crippen molar-refractivity contribution in [2.24, 2.45) is 11.3 Å². The minimum atomic E-state index is -0.712. The van der Waals surface area contributed by atoms with E-state index in [1.54, 1.807) is 6.07 Å². The molecule has 0 bridgehead atoms. The number of carboxylic acids is 1. The molecule has 1 aromatic heterocycles. The highest BCUT2D eigenvalue weighted by Crippen LogP contribution is 2.59. The molecule has 1 aromatic carbocycles. The first-order valence-electron chi connectivity index (χ1n) is 9.67. The first-order valence-corrected chi connectivity index (χ1v) is 9.67. The Morgan fingerprint density at radius 1 is 1.21 bits per heavy atom. The number of carboxylic acid groups (broad SMARTS) is 1. The smallest absolute Gasteiger partial charge is 0.307 e. The highest BCUT2D eigenvalue weighted by molar-refractivity contribution is 6.00. The van der Waals surface area contributed by atoms with Gasteiger partial charge in [-0.05, 0) is 36.8 Å². The fourth-order valence-corrected chi connectivity index (χ4v) is 4.07. The van der Waals surface area contributed by atoms with E-state index in [4.69, 9.17) is 4.52 Å². The third kappa shape index (κ3) is 3.19. The van der Waals surface area contributed by atoms with Crippen molar-refractivity contribution < 1.29 is 19.2 Å². The zero-order valence-corrected chi connectivity index (χ0v) is 16.4. The summed E-state index contributed by atoms with van der Waals surface area (Å²) in [5.74, 6) is -0.0931. The molecule has 2 aliphatic rings. The van der Waals surface area contributed by atoms with E-state index in [1.807, 2.05) is 43.9 Å². The number of benzene rings is 1. The largest absolute Gasteiger partial charge is 0.481 e. The van der Waals surface area contributed by atoms with Crippen LogP contribution in [0.5, 0.6) is 0 Å². The Morgan fingerprint density at radius 3 is 2.46 bits per heavy atom. The number of hydrogen-bond donors (Lipinski definition) is 1. The lowest BCUT2D eigenvalue weighted by molar-refractivity contribution is -0.139. The second-order valence-corrected chi connectivity index (χ2v) is 8.97. The summed E-state index contributed by atoms with van der Waals surface area (Å²) in [5, 5.41) is 13.3. The van der Waals surface area contributed by atoms with Crippen molar-refractivity contribution in [1.82, 2.24) is 15.0 Å². The van der Waals surface area contributed by atoms with Crippen LogP contribution in [-0.2, 0) is 10.2 Å². The Labute approximate surface area is 163 Å². The SMILES string of the molecule is CC(C)(C)c1noc(-c2ccccc2C(=O)N2CCC3(CC2)CC3C(=O)O)n1. The molecular formula is C21H25N3O4. The van der Waals surface area contributed by atoms with E-state index in [2.05, 4.69) is 10.1 Å². The molecule has 2 heterocycles. The Morgan fingerprint density at radius 2 is 1.89 bits per heavy atom. The fraction of sp³-hybridized carbons (Fsp3) is 0.524. The summed E-state index contributed by atoms with van der Waals surface area (Å²) in [6, 6.07) is 7.27. The number of rotatable bonds is 3. The van der Waals surface area contributed by atoms with Gasteiger partial charge in [0.2, 0.25) is 0 Å². The second kappa shape index (κ2) is 6.43. The fourth-order valence-electron chi connectivity index (χ4n) is 4.07. The lowest BCUT2D eigenvalue weighted by Gasteiger charge is -2.33. The third-order valence-electron chi connectivity index (χ3n) is 6.02. The molecule has 7 nitrogen and oxygen atoms in total. The number of carbonyl (C=O) groups excluding carboxylic acids is 1. The molecule has 1 unspecified atom stereocenters. The van der Waals surface area contributed by atoms with Crippen molar-refractivity contribution in [2.75, 3.05) is 13.1 Å². The summed E-state index contributed by atoms with van der Waals surface area (Å²) >= 11 is 0. The summed E-state index contributed by atoms with van der Waals surface area (Å²) in [5.41, 5.74) is 0.821. The number of aromatic nitrogens is 2. The summed E-state index contributed by atoms with van der Waals surface area (Å²) in [7, 11) is 0. The molecule has 2 fully saturated rings. The number of piperidine rings is 1. The average molecular weight is 383 g/mol. The van der Waals surface area contributed by atoms with Gasteiger partial charge >= 0.3 is 5.97 Å². The average Bonchev–Trinajstić information content (AvgIpc) is 3.13. The van der Waals surface area contributed by atoms with Crippen LogP contribution >= 0.6 is 0 Å². The molecule has 1 atom stereocenters. The number of amides is 1. The molecule has 0 radical (unpaired) electrons. The van der Waals surface area contributed by atoms with Crippen LogP contribution in [0, 0.1) is 11.3 Å². The predicted octanol–water partition coefficient (Wildman–Crippen LogP) is 3.36. The minimum Gasteiger partial charge on any atom is -0.481 e. The van der Waals surface area contributed by atoms with Crippen molar-refractivity contribution in [3.8, 4) is 11.5 Å². The van der Waals surface area contributed by atoms with Crippen LogP contribution in [0.15, 0.2) is 28.8 Å². The highest BCUT2D eigenvalue weighted by Gasteiger charge is 2.59. The number of likely N-dealkylation sites (tertiary alicyclic amines) is 1. The first kappa shape index (κ1) is 18.7. The summed E-state index contributed by atoms with van der Waals surface area (Å²) in [6.45, 7) is 7.17. The van der Waals surface area contributed by atoms with Gasteiger partial charge in [0.1, 0.15) is 0 Å². The molecule has 1 N–H and O–H groups in total. The van der Waals surface area contributed by atoms with Gasteiger partial charge in [-0.15, -0.1) is 0 Å². The molecule has 1 amide bonds. The molecule has 1 aliphatic carbocycles. The van der Waals surface area contributed by atoms with E-state index in [1.165, 1.54) is 0 Å². The zero-order valence-electron chi connectivity index (χ0n) is 16.4. The van der Waals surface area contributed by atoms with Gasteiger partial charge in [0.25, 0.3) is 11.8 Å². The van der Waals surface area contributed by atoms with Gasteiger partial charge in [-0.25, -0.2) is 0 Å². The van der Waals surface area contributed by atoms with Gasteiger partial charge in [0.05, 0.1) is 17.0 Å². The Balaban J connectivity index is 1.53. The predicted molar refractivity (Wildman–Crippen MR) is 102 cm³/mol. The Bertz CT molecular complexity index is 920. The van der Waals surface area contributed by atoms with E-state index < -0.39 is 5.97 Å². The van der Waals surface area contributed by atoms with Crippen molar-refractivity contribution >= 4 is 11.9 Å². The van der Waals surface area contributed by atoms with Crippen molar-refractivity contribution in [3.63, 3.8) is 0 Å². The maximum atomic E-state index is 13.2. The second-order valence-electron chi connectivity index (χ2n) is 8.97. The molecule has 28 heavy (non-hydrogen) atoms. The van der Waals surface area contributed by atoms with Crippen LogP contribution in [-0.4, -0.2) is 45.1 Å². The molecular weight excluding hydrogens is 358 g/mol. The highest BCUT2D eigenvalue weighted by atomic mass is 16.5. The van der Waals surface area contributed by atoms with Crippen LogP contribution in [0.25, 0.3) is 11.5 Å². The molecule has 1 spiro atoms. The summed E-state index contributed by atoms with van der Waals surface area (Å²) in [4.78, 5) is 30.7. The monoisotopic (exact) mass is 383 g/mol. The molecule has 1 saturated carbocycles. The normalized spacial score (nSPS) is 21.0. The maximum absolute atomic E-state index is 13.2. The van der Waals surface area contributed by atoms with Gasteiger partial charge < -0.3 is 14.5 Å². The molecule has 148 valence electrons. The third-order valence-corrected chi connectivity index (χ3v) is 6.02. The van der Waals surface area contributed by atoms with Crippen LogP contribution < -0.4 is 0 Å². The van der Waals surface area contributed by atoms with Gasteiger partial charge in [-0.3, -0.25) is 9.59 Å². The Kier molecular flexibility index (Phi) is 4.28. The van der Waals surface area contributed by atoms with Crippen LogP contribution in [0.3, 0.4) is 0 Å². The summed E-state index contributed by atoms with van der Waals surface area (Å²) in [6.07, 6.45) is 2.22. The summed E-state index contributed by atoms with van der Waals surface area (Å²) < 4.78 is 5.44. The van der Waals surface area contributed by atoms with Gasteiger partial charge in [0, 0.05) is 18.5 Å². The molecule has 1 aliphatic heterocycles. The lowest BCUT2D eigenvalue weighted by atomic mass is 9.90. The quantitative estimate of drug-likeness (QED) is 0.873. The van der Waals surface area contributed by atoms with E-state index in [0.29, 0.717) is 35.9 Å². The first-order chi connectivity index (χ1) is 13.2. The van der Waals surface area contributed by atoms with Gasteiger partial charge in [-0.1, -0.05) is 38.1 Å². The number of nitrogens with zero attached hydrogens (tertiary/aromatic N) is 3. The van der Waals surface area contributed by atoms with Gasteiger partial charge in [-0.2, -0.15) is 4.98 Å². The van der Waals surface area contributed by atoms with E-state index in [9.17, 15) is 14.7 Å². The van der Waals surface area contributed by atoms with Crippen LogP contribution in [0.2, 0.25) is 0 Å². The Hall–Kier alpha value is -2.70. The molecule has 4 rings (SSSR count). The zero-order chi connectivity index (χ0) is 20.1. The van der Waals surface area contributed by atoms with Crippen LogP contribution in [0.4, 0.5) is 0 Å². The van der Waals surface area contributed by atoms with Crippen molar-refractivity contribution in [3.05, 3.63) is 35.7 Å². The topological polar surface area (TPSA) is 96.5 Å². The minimum absolute atomic E-state index is 0.0755. The molecule has 1 saturated heterocycles. The number of aliphatic carboxylic acids is 1. The molecule has 7 heteroatoms. The standard InChI is InChI=1S/C21H25N3O4/c1-20(2,3)19-22-16(28-23-19)13-6-4-5-7-14(13)17(25)24-10-8-21(9-11-24)12-15(21)18(26)27/h4-7,15H,8-12H2,1-3H3,(H,26,27). The van der Waals surface area contributed by atoms with E-state index in [-0.39, 0.29) is 22.7 Å². The number of hydrogen-bond acceptors (Lipinski definition) is 5. The van der Waals surface area contributed by atoms with Crippen molar-refractivity contribution in [1.29, 1.82) is 0 Å². The van der Waals surface area contributed by atoms with E-state index in [0.717, 1.165) is 19.3 Å². The van der Waals surface area contributed by atoms with E-state index >= 15 is 0 Å². The lowest BCUT2D eigenvalue weighted by Crippen LogP contribution is -2.40. The van der Waals surface area contributed by atoms with Crippen molar-refractivity contribution in [2.45, 2.75) is 45.4 Å². The number of carbonyl (C=O) groups is 2. The maximum Gasteiger partial charge on any atom is 0.307 e.